The summed E-state index contributed by atoms with van der Waals surface area (Å²) in [6.07, 6.45) is 2.54. The van der Waals surface area contributed by atoms with E-state index in [1.165, 1.54) is 5.56 Å². The molecule has 1 aromatic heterocycles. The van der Waals surface area contributed by atoms with Crippen molar-refractivity contribution in [3.05, 3.63) is 42.1 Å². The van der Waals surface area contributed by atoms with Crippen LogP contribution >= 0.6 is 0 Å². The number of likely N-dealkylation sites (tertiary alicyclic amines) is 1. The lowest BCUT2D eigenvalue weighted by Crippen LogP contribution is -2.45. The van der Waals surface area contributed by atoms with Crippen molar-refractivity contribution >= 4 is 16.8 Å². The van der Waals surface area contributed by atoms with Crippen LogP contribution in [0.5, 0.6) is 0 Å². The van der Waals surface area contributed by atoms with E-state index in [2.05, 4.69) is 21.3 Å². The highest BCUT2D eigenvalue weighted by atomic mass is 16.2. The first-order valence-electron chi connectivity index (χ1n) is 8.17. The SMILES string of the molecule is CC(C)NC(=O)[C@@H]1C[C@@H](N)CN1Cc1ccnc2ccccc12. The highest BCUT2D eigenvalue weighted by Crippen LogP contribution is 2.23. The highest BCUT2D eigenvalue weighted by Gasteiger charge is 2.35. The van der Waals surface area contributed by atoms with E-state index in [1.807, 2.05) is 44.3 Å². The van der Waals surface area contributed by atoms with Crippen molar-refractivity contribution in [2.45, 2.75) is 44.9 Å². The number of hydrogen-bond acceptors (Lipinski definition) is 4. The number of rotatable bonds is 4. The molecule has 1 saturated heterocycles. The third-order valence-corrected chi connectivity index (χ3v) is 4.28. The molecule has 2 atom stereocenters. The Labute approximate surface area is 136 Å². The number of nitrogens with one attached hydrogen (secondary N) is 1. The van der Waals surface area contributed by atoms with Crippen LogP contribution in [0.3, 0.4) is 0 Å². The van der Waals surface area contributed by atoms with E-state index in [0.29, 0.717) is 13.0 Å². The van der Waals surface area contributed by atoms with Gasteiger partial charge in [-0.05, 0) is 38.0 Å². The molecule has 1 amide bonds. The molecule has 0 radical (unpaired) electrons. The average Bonchev–Trinajstić information content (AvgIpc) is 2.88. The Balaban J connectivity index is 1.83. The van der Waals surface area contributed by atoms with Gasteiger partial charge < -0.3 is 11.1 Å². The van der Waals surface area contributed by atoms with E-state index in [0.717, 1.165) is 17.4 Å². The first-order valence-corrected chi connectivity index (χ1v) is 8.17. The van der Waals surface area contributed by atoms with Gasteiger partial charge in [-0.25, -0.2) is 0 Å². The van der Waals surface area contributed by atoms with Gasteiger partial charge in [-0.1, -0.05) is 18.2 Å². The Kier molecular flexibility index (Phi) is 4.59. The van der Waals surface area contributed by atoms with Gasteiger partial charge in [0.05, 0.1) is 11.6 Å². The van der Waals surface area contributed by atoms with Crippen molar-refractivity contribution in [1.82, 2.24) is 15.2 Å². The second kappa shape index (κ2) is 6.64. The molecule has 1 fully saturated rings. The quantitative estimate of drug-likeness (QED) is 0.901. The van der Waals surface area contributed by atoms with Crippen molar-refractivity contribution in [1.29, 1.82) is 0 Å². The third kappa shape index (κ3) is 3.51. The lowest BCUT2D eigenvalue weighted by molar-refractivity contribution is -0.126. The van der Waals surface area contributed by atoms with E-state index >= 15 is 0 Å². The maximum atomic E-state index is 12.4. The zero-order valence-electron chi connectivity index (χ0n) is 13.7. The van der Waals surface area contributed by atoms with Gasteiger partial charge >= 0.3 is 0 Å². The lowest BCUT2D eigenvalue weighted by atomic mass is 10.1. The molecule has 1 aromatic carbocycles. The molecule has 122 valence electrons. The Morgan fingerprint density at radius 2 is 2.17 bits per heavy atom. The van der Waals surface area contributed by atoms with Crippen LogP contribution in [0.2, 0.25) is 0 Å². The van der Waals surface area contributed by atoms with Crippen molar-refractivity contribution < 1.29 is 4.79 Å². The first-order chi connectivity index (χ1) is 11.0. The van der Waals surface area contributed by atoms with Gasteiger partial charge in [-0.3, -0.25) is 14.7 Å². The third-order valence-electron chi connectivity index (χ3n) is 4.28. The predicted octanol–water partition coefficient (Wildman–Crippen LogP) is 1.66. The summed E-state index contributed by atoms with van der Waals surface area (Å²) in [6.45, 7) is 5.42. The summed E-state index contributed by atoms with van der Waals surface area (Å²) < 4.78 is 0. The molecule has 23 heavy (non-hydrogen) atoms. The Morgan fingerprint density at radius 3 is 2.96 bits per heavy atom. The number of carbonyl (C=O) groups excluding carboxylic acids is 1. The predicted molar refractivity (Wildman–Crippen MR) is 91.8 cm³/mol. The fourth-order valence-corrected chi connectivity index (χ4v) is 3.28. The van der Waals surface area contributed by atoms with Gasteiger partial charge in [0.25, 0.3) is 0 Å². The largest absolute Gasteiger partial charge is 0.353 e. The number of pyridine rings is 1. The summed E-state index contributed by atoms with van der Waals surface area (Å²) >= 11 is 0. The standard InChI is InChI=1S/C18H24N4O/c1-12(2)21-18(23)17-9-14(19)11-22(17)10-13-7-8-20-16-6-4-3-5-15(13)16/h3-8,12,14,17H,9-11,19H2,1-2H3,(H,21,23)/t14-,17+/m1/s1. The van der Waals surface area contributed by atoms with Crippen molar-refractivity contribution in [2.24, 2.45) is 5.73 Å². The summed E-state index contributed by atoms with van der Waals surface area (Å²) in [4.78, 5) is 19.0. The number of benzene rings is 1. The number of nitrogens with zero attached hydrogens (tertiary/aromatic N) is 2. The number of nitrogens with two attached hydrogens (primary N) is 1. The zero-order chi connectivity index (χ0) is 16.4. The van der Waals surface area contributed by atoms with Crippen molar-refractivity contribution in [3.8, 4) is 0 Å². The van der Waals surface area contributed by atoms with Crippen LogP contribution in [0.25, 0.3) is 10.9 Å². The highest BCUT2D eigenvalue weighted by molar-refractivity contribution is 5.83. The molecule has 0 saturated carbocycles. The van der Waals surface area contributed by atoms with Crippen molar-refractivity contribution in [2.75, 3.05) is 6.54 Å². The molecule has 0 bridgehead atoms. The van der Waals surface area contributed by atoms with Crippen LogP contribution in [0.4, 0.5) is 0 Å². The fourth-order valence-electron chi connectivity index (χ4n) is 3.28. The molecule has 2 aromatic rings. The minimum Gasteiger partial charge on any atom is -0.353 e. The maximum Gasteiger partial charge on any atom is 0.237 e. The number of hydrogen-bond donors (Lipinski definition) is 2. The van der Waals surface area contributed by atoms with E-state index < -0.39 is 0 Å². The Bertz CT molecular complexity index is 695. The molecular formula is C18H24N4O. The molecular weight excluding hydrogens is 288 g/mol. The van der Waals surface area contributed by atoms with Crippen LogP contribution in [0, 0.1) is 0 Å². The minimum atomic E-state index is -0.153. The number of para-hydroxylation sites is 1. The molecule has 0 spiro atoms. The molecule has 1 aliphatic rings. The van der Waals surface area contributed by atoms with E-state index in [1.54, 1.807) is 0 Å². The average molecular weight is 312 g/mol. The monoisotopic (exact) mass is 312 g/mol. The van der Waals surface area contributed by atoms with Crippen molar-refractivity contribution in [3.63, 3.8) is 0 Å². The van der Waals surface area contributed by atoms with E-state index in [9.17, 15) is 4.79 Å². The first kappa shape index (κ1) is 15.9. The van der Waals surface area contributed by atoms with Gasteiger partial charge in [0.2, 0.25) is 5.91 Å². The van der Waals surface area contributed by atoms with E-state index in [4.69, 9.17) is 5.73 Å². The maximum absolute atomic E-state index is 12.4. The summed E-state index contributed by atoms with van der Waals surface area (Å²) in [5, 5.41) is 4.15. The summed E-state index contributed by atoms with van der Waals surface area (Å²) in [5.41, 5.74) is 8.29. The normalized spacial score (nSPS) is 21.9. The van der Waals surface area contributed by atoms with Crippen LogP contribution in [0.1, 0.15) is 25.8 Å². The number of aromatic nitrogens is 1. The number of fused-ring (bicyclic) bond motifs is 1. The molecule has 5 nitrogen and oxygen atoms in total. The van der Waals surface area contributed by atoms with Crippen LogP contribution in [-0.2, 0) is 11.3 Å². The van der Waals surface area contributed by atoms with Gasteiger partial charge in [0, 0.05) is 36.8 Å². The van der Waals surface area contributed by atoms with Crippen LogP contribution < -0.4 is 11.1 Å². The Morgan fingerprint density at radius 1 is 1.39 bits per heavy atom. The number of carbonyl (C=O) groups is 1. The van der Waals surface area contributed by atoms with Gasteiger partial charge in [0.15, 0.2) is 0 Å². The van der Waals surface area contributed by atoms with Crippen LogP contribution in [-0.4, -0.2) is 40.5 Å². The van der Waals surface area contributed by atoms with E-state index in [-0.39, 0.29) is 24.0 Å². The number of amides is 1. The summed E-state index contributed by atoms with van der Waals surface area (Å²) in [6, 6.07) is 10.2. The molecule has 5 heteroatoms. The lowest BCUT2D eigenvalue weighted by Gasteiger charge is -2.25. The molecule has 0 aliphatic carbocycles. The van der Waals surface area contributed by atoms with Gasteiger partial charge in [-0.15, -0.1) is 0 Å². The van der Waals surface area contributed by atoms with Gasteiger partial charge in [-0.2, -0.15) is 0 Å². The zero-order valence-corrected chi connectivity index (χ0v) is 13.7. The fraction of sp³-hybridized carbons (Fsp3) is 0.444. The van der Waals surface area contributed by atoms with Gasteiger partial charge in [0.1, 0.15) is 0 Å². The molecule has 2 heterocycles. The van der Waals surface area contributed by atoms with Crippen LogP contribution in [0.15, 0.2) is 36.5 Å². The minimum absolute atomic E-state index is 0.0472. The molecule has 3 N–H and O–H groups in total. The topological polar surface area (TPSA) is 71.2 Å². The smallest absolute Gasteiger partial charge is 0.237 e. The molecule has 0 unspecified atom stereocenters. The molecule has 3 rings (SSSR count). The second-order valence-corrected chi connectivity index (χ2v) is 6.59. The summed E-state index contributed by atoms with van der Waals surface area (Å²) in [5.74, 6) is 0.0753. The molecule has 1 aliphatic heterocycles. The Hall–Kier alpha value is -1.98. The second-order valence-electron chi connectivity index (χ2n) is 6.59. The summed E-state index contributed by atoms with van der Waals surface area (Å²) in [7, 11) is 0.